The Balaban J connectivity index is 2.80. The second kappa shape index (κ2) is 5.80. The van der Waals surface area contributed by atoms with E-state index < -0.39 is 11.5 Å². The smallest absolute Gasteiger partial charge is 0.270 e. The Morgan fingerprint density at radius 1 is 1.69 bits per heavy atom. The molecule has 0 aliphatic heterocycles. The highest BCUT2D eigenvalue weighted by Crippen LogP contribution is 2.17. The van der Waals surface area contributed by atoms with E-state index in [-0.39, 0.29) is 6.04 Å². The summed E-state index contributed by atoms with van der Waals surface area (Å²) in [6.07, 6.45) is 4.19. The van der Waals surface area contributed by atoms with Gasteiger partial charge in [-0.05, 0) is 30.5 Å². The van der Waals surface area contributed by atoms with Gasteiger partial charge >= 0.3 is 0 Å². The van der Waals surface area contributed by atoms with Gasteiger partial charge in [-0.25, -0.2) is 4.39 Å². The van der Waals surface area contributed by atoms with Crippen LogP contribution in [0.4, 0.5) is 4.39 Å². The Labute approximate surface area is 99.0 Å². The Kier molecular flexibility index (Phi) is 4.68. The lowest BCUT2D eigenvalue weighted by molar-refractivity contribution is -0.124. The van der Waals surface area contributed by atoms with Crippen molar-refractivity contribution >= 4 is 17.5 Å². The molecule has 5 heteroatoms. The number of hydrogen-bond acceptors (Lipinski definition) is 2. The lowest BCUT2D eigenvalue weighted by atomic mass is 10.0. The van der Waals surface area contributed by atoms with Gasteiger partial charge in [-0.3, -0.25) is 9.78 Å². The molecule has 1 heterocycles. The van der Waals surface area contributed by atoms with Gasteiger partial charge in [-0.15, -0.1) is 0 Å². The molecule has 1 aromatic rings. The molecule has 0 saturated carbocycles. The highest BCUT2D eigenvalue weighted by molar-refractivity contribution is 6.29. The maximum absolute atomic E-state index is 12.5. The molecule has 1 amide bonds. The first-order valence-corrected chi connectivity index (χ1v) is 5.51. The molecule has 0 aliphatic carbocycles. The number of amides is 1. The molecule has 2 atom stereocenters. The summed E-state index contributed by atoms with van der Waals surface area (Å²) in [5.41, 5.74) is -0.0437. The minimum atomic E-state index is -2.01. The van der Waals surface area contributed by atoms with Crippen LogP contribution < -0.4 is 5.32 Å². The molecular formula is C11H14ClFN2O. The molecule has 1 N–H and O–H groups in total. The molecule has 1 aromatic heterocycles. The summed E-state index contributed by atoms with van der Waals surface area (Å²) in [6.45, 7) is 3.78. The molecule has 0 bridgehead atoms. The zero-order valence-electron chi connectivity index (χ0n) is 9.21. The first-order valence-electron chi connectivity index (χ1n) is 5.07. The van der Waals surface area contributed by atoms with Crippen molar-refractivity contribution in [2.45, 2.75) is 31.9 Å². The first-order chi connectivity index (χ1) is 7.56. The zero-order chi connectivity index (χ0) is 12.1. The Bertz CT molecular complexity index is 371. The van der Waals surface area contributed by atoms with Gasteiger partial charge in [0.05, 0.1) is 6.04 Å². The number of alkyl halides is 2. The van der Waals surface area contributed by atoms with Gasteiger partial charge in [-0.2, -0.15) is 0 Å². The number of halogens is 2. The molecule has 0 saturated heterocycles. The van der Waals surface area contributed by atoms with Crippen LogP contribution >= 0.6 is 11.6 Å². The largest absolute Gasteiger partial charge is 0.346 e. The third kappa shape index (κ3) is 3.17. The van der Waals surface area contributed by atoms with Gasteiger partial charge < -0.3 is 5.32 Å². The van der Waals surface area contributed by atoms with E-state index >= 15 is 0 Å². The van der Waals surface area contributed by atoms with Crippen LogP contribution in [0.15, 0.2) is 18.5 Å². The topological polar surface area (TPSA) is 42.0 Å². The van der Waals surface area contributed by atoms with Crippen molar-refractivity contribution in [2.24, 2.45) is 0 Å². The molecule has 88 valence electrons. The molecule has 1 rings (SSSR count). The Morgan fingerprint density at radius 3 is 2.94 bits per heavy atom. The summed E-state index contributed by atoms with van der Waals surface area (Å²) >= 11 is 5.04. The molecule has 0 aromatic carbocycles. The lowest BCUT2D eigenvalue weighted by Gasteiger charge is -2.17. The van der Waals surface area contributed by atoms with Crippen LogP contribution in [0.3, 0.4) is 0 Å². The fraction of sp³-hybridized carbons (Fsp3) is 0.455. The van der Waals surface area contributed by atoms with Crippen molar-refractivity contribution in [3.63, 3.8) is 0 Å². The quantitative estimate of drug-likeness (QED) is 0.827. The van der Waals surface area contributed by atoms with Crippen molar-refractivity contribution in [1.82, 2.24) is 10.3 Å². The second-order valence-electron chi connectivity index (χ2n) is 3.46. The van der Waals surface area contributed by atoms with Crippen LogP contribution in [0.25, 0.3) is 0 Å². The monoisotopic (exact) mass is 244 g/mol. The van der Waals surface area contributed by atoms with Crippen molar-refractivity contribution in [3.05, 3.63) is 29.6 Å². The normalized spacial score (nSPS) is 14.2. The van der Waals surface area contributed by atoms with Gasteiger partial charge in [-0.1, -0.05) is 18.5 Å². The first kappa shape index (κ1) is 12.9. The maximum atomic E-state index is 12.5. The number of nitrogens with one attached hydrogen (secondary N) is 1. The molecule has 0 radical (unpaired) electrons. The van der Waals surface area contributed by atoms with E-state index in [0.29, 0.717) is 0 Å². The molecular weight excluding hydrogens is 231 g/mol. The van der Waals surface area contributed by atoms with Crippen LogP contribution in [-0.4, -0.2) is 16.5 Å². The predicted octanol–water partition coefficient (Wildman–Crippen LogP) is 2.36. The average molecular weight is 245 g/mol. The van der Waals surface area contributed by atoms with E-state index in [9.17, 15) is 9.18 Å². The molecule has 16 heavy (non-hydrogen) atoms. The summed E-state index contributed by atoms with van der Waals surface area (Å²) < 4.78 is 12.5. The predicted molar refractivity (Wildman–Crippen MR) is 60.9 cm³/mol. The highest BCUT2D eigenvalue weighted by atomic mass is 35.5. The number of aryl methyl sites for hydroxylation is 1. The third-order valence-electron chi connectivity index (χ3n) is 2.35. The van der Waals surface area contributed by atoms with Crippen LogP contribution in [0.5, 0.6) is 0 Å². The number of nitrogens with zero attached hydrogens (tertiary/aromatic N) is 1. The number of hydrogen-bond donors (Lipinski definition) is 1. The van der Waals surface area contributed by atoms with E-state index in [4.69, 9.17) is 11.6 Å². The highest BCUT2D eigenvalue weighted by Gasteiger charge is 2.17. The van der Waals surface area contributed by atoms with E-state index in [1.54, 1.807) is 19.3 Å². The number of pyridine rings is 1. The fourth-order valence-electron chi connectivity index (χ4n) is 1.51. The second-order valence-corrected chi connectivity index (χ2v) is 3.84. The summed E-state index contributed by atoms with van der Waals surface area (Å²) in [7, 11) is 0. The van der Waals surface area contributed by atoms with E-state index in [0.717, 1.165) is 17.5 Å². The van der Waals surface area contributed by atoms with Crippen LogP contribution in [-0.2, 0) is 11.2 Å². The molecule has 0 fully saturated rings. The number of rotatable bonds is 4. The van der Waals surface area contributed by atoms with Crippen molar-refractivity contribution in [2.75, 3.05) is 0 Å². The van der Waals surface area contributed by atoms with E-state index in [2.05, 4.69) is 10.3 Å². The summed E-state index contributed by atoms with van der Waals surface area (Å²) in [5.74, 6) is -0.812. The standard InChI is InChI=1S/C11H14ClFN2O/c1-3-8-6-14-5-4-9(8)7(2)15-11(16)10(12)13/h4-7,10H,3H2,1-2H3,(H,15,16). The van der Waals surface area contributed by atoms with Crippen LogP contribution in [0.2, 0.25) is 0 Å². The van der Waals surface area contributed by atoms with E-state index in [1.165, 1.54) is 0 Å². The minimum absolute atomic E-state index is 0.276. The average Bonchev–Trinajstić information content (AvgIpc) is 2.28. The van der Waals surface area contributed by atoms with Crippen molar-refractivity contribution in [1.29, 1.82) is 0 Å². The zero-order valence-corrected chi connectivity index (χ0v) is 9.96. The van der Waals surface area contributed by atoms with Gasteiger partial charge in [0.25, 0.3) is 11.5 Å². The van der Waals surface area contributed by atoms with Gasteiger partial charge in [0.2, 0.25) is 0 Å². The van der Waals surface area contributed by atoms with E-state index in [1.807, 2.05) is 13.0 Å². The Morgan fingerprint density at radius 2 is 2.38 bits per heavy atom. The summed E-state index contributed by atoms with van der Waals surface area (Å²) in [6, 6.07) is 1.54. The fourth-order valence-corrected chi connectivity index (χ4v) is 1.57. The number of carbonyl (C=O) groups excluding carboxylic acids is 1. The summed E-state index contributed by atoms with van der Waals surface area (Å²) in [4.78, 5) is 15.1. The summed E-state index contributed by atoms with van der Waals surface area (Å²) in [5, 5.41) is 2.50. The van der Waals surface area contributed by atoms with Gasteiger partial charge in [0.1, 0.15) is 0 Å². The molecule has 2 unspecified atom stereocenters. The minimum Gasteiger partial charge on any atom is -0.346 e. The van der Waals surface area contributed by atoms with Gasteiger partial charge in [0.15, 0.2) is 0 Å². The SMILES string of the molecule is CCc1cnccc1C(C)NC(=O)C(F)Cl. The van der Waals surface area contributed by atoms with Crippen LogP contribution in [0.1, 0.15) is 31.0 Å². The molecule has 0 spiro atoms. The number of aromatic nitrogens is 1. The van der Waals surface area contributed by atoms with Crippen molar-refractivity contribution in [3.8, 4) is 0 Å². The maximum Gasteiger partial charge on any atom is 0.270 e. The van der Waals surface area contributed by atoms with Gasteiger partial charge in [0, 0.05) is 12.4 Å². The lowest BCUT2D eigenvalue weighted by Crippen LogP contribution is -2.31. The van der Waals surface area contributed by atoms with Crippen LogP contribution in [0, 0.1) is 0 Å². The van der Waals surface area contributed by atoms with Crippen molar-refractivity contribution < 1.29 is 9.18 Å². The molecule has 3 nitrogen and oxygen atoms in total. The molecule has 0 aliphatic rings. The third-order valence-corrected chi connectivity index (χ3v) is 2.54. The Hall–Kier alpha value is -1.16. The number of carbonyl (C=O) groups is 1.